The quantitative estimate of drug-likeness (QED) is 0.678. The molecule has 72 valence electrons. The van der Waals surface area contributed by atoms with Crippen LogP contribution in [-0.2, 0) is 0 Å². The van der Waals surface area contributed by atoms with Crippen molar-refractivity contribution in [2.45, 2.75) is 27.2 Å². The molecule has 2 heteroatoms. The Bertz CT molecular complexity index is 139. The fraction of sp³-hybridized carbons (Fsp3) is 1.00. The van der Waals surface area contributed by atoms with Gasteiger partial charge < -0.3 is 10.0 Å². The molecule has 0 aromatic heterocycles. The Morgan fingerprint density at radius 3 is 2.50 bits per heavy atom. The number of hydrogen-bond acceptors (Lipinski definition) is 2. The smallest absolute Gasteiger partial charge is 0.0558 e. The van der Waals surface area contributed by atoms with E-state index in [4.69, 9.17) is 5.11 Å². The highest BCUT2D eigenvalue weighted by Gasteiger charge is 2.31. The zero-order chi connectivity index (χ0) is 9.19. The van der Waals surface area contributed by atoms with Gasteiger partial charge >= 0.3 is 0 Å². The number of aliphatic hydroxyl groups is 1. The highest BCUT2D eigenvalue weighted by Crippen LogP contribution is 2.33. The van der Waals surface area contributed by atoms with Crippen LogP contribution in [0.25, 0.3) is 0 Å². The third-order valence-corrected chi connectivity index (χ3v) is 2.91. The second-order valence-electron chi connectivity index (χ2n) is 4.88. The first-order valence-electron chi connectivity index (χ1n) is 4.87. The van der Waals surface area contributed by atoms with Crippen LogP contribution in [0.3, 0.4) is 0 Å². The molecule has 1 rings (SSSR count). The second kappa shape index (κ2) is 3.75. The summed E-state index contributed by atoms with van der Waals surface area (Å²) in [7, 11) is 0. The molecule has 1 heterocycles. The van der Waals surface area contributed by atoms with Crippen molar-refractivity contribution in [3.63, 3.8) is 0 Å². The van der Waals surface area contributed by atoms with Crippen molar-refractivity contribution in [2.75, 3.05) is 26.2 Å². The van der Waals surface area contributed by atoms with Crippen LogP contribution in [0, 0.1) is 11.3 Å². The van der Waals surface area contributed by atoms with Crippen molar-refractivity contribution >= 4 is 0 Å². The zero-order valence-electron chi connectivity index (χ0n) is 8.51. The second-order valence-corrected chi connectivity index (χ2v) is 4.88. The molecule has 0 radical (unpaired) electrons. The Kier molecular flexibility index (Phi) is 3.13. The van der Waals surface area contributed by atoms with Crippen molar-refractivity contribution in [2.24, 2.45) is 11.3 Å². The summed E-state index contributed by atoms with van der Waals surface area (Å²) in [6.45, 7) is 10.4. The molecule has 1 N–H and O–H groups in total. The third-order valence-electron chi connectivity index (χ3n) is 2.91. The van der Waals surface area contributed by atoms with E-state index in [1.807, 2.05) is 0 Å². The average Bonchev–Trinajstić information content (AvgIpc) is 2.35. The van der Waals surface area contributed by atoms with Gasteiger partial charge in [0.1, 0.15) is 0 Å². The Balaban J connectivity index is 2.35. The standard InChI is InChI=1S/C10H21NO/c1-10(2,3)9-4-5-11(8-9)6-7-12/h9,12H,4-8H2,1-3H3. The monoisotopic (exact) mass is 171 g/mol. The molecule has 2 nitrogen and oxygen atoms in total. The molecule has 1 fully saturated rings. The van der Waals surface area contributed by atoms with Gasteiger partial charge in [0.15, 0.2) is 0 Å². The van der Waals surface area contributed by atoms with E-state index in [9.17, 15) is 0 Å². The van der Waals surface area contributed by atoms with Crippen molar-refractivity contribution in [3.05, 3.63) is 0 Å². The van der Waals surface area contributed by atoms with E-state index >= 15 is 0 Å². The Labute approximate surface area is 75.6 Å². The Morgan fingerprint density at radius 1 is 1.42 bits per heavy atom. The molecular formula is C10H21NO. The topological polar surface area (TPSA) is 23.5 Å². The maximum absolute atomic E-state index is 8.77. The highest BCUT2D eigenvalue weighted by molar-refractivity contribution is 4.83. The van der Waals surface area contributed by atoms with E-state index in [-0.39, 0.29) is 0 Å². The first-order valence-corrected chi connectivity index (χ1v) is 4.87. The summed E-state index contributed by atoms with van der Waals surface area (Å²) < 4.78 is 0. The molecule has 0 aliphatic carbocycles. The van der Waals surface area contributed by atoms with E-state index < -0.39 is 0 Å². The van der Waals surface area contributed by atoms with Gasteiger partial charge in [-0.15, -0.1) is 0 Å². The minimum atomic E-state index is 0.302. The van der Waals surface area contributed by atoms with Gasteiger partial charge in [0.2, 0.25) is 0 Å². The van der Waals surface area contributed by atoms with Gasteiger partial charge in [0.25, 0.3) is 0 Å². The number of rotatable bonds is 2. The lowest BCUT2D eigenvalue weighted by molar-refractivity contribution is 0.194. The van der Waals surface area contributed by atoms with Crippen LogP contribution in [0.1, 0.15) is 27.2 Å². The number of aliphatic hydroxyl groups excluding tert-OH is 1. The highest BCUT2D eigenvalue weighted by atomic mass is 16.3. The molecule has 12 heavy (non-hydrogen) atoms. The maximum atomic E-state index is 8.77. The summed E-state index contributed by atoms with van der Waals surface area (Å²) in [6.07, 6.45) is 1.30. The molecule has 0 aromatic rings. The summed E-state index contributed by atoms with van der Waals surface area (Å²) in [5, 5.41) is 8.77. The lowest BCUT2D eigenvalue weighted by Gasteiger charge is -2.26. The summed E-state index contributed by atoms with van der Waals surface area (Å²) in [6, 6.07) is 0. The number of hydrogen-bond donors (Lipinski definition) is 1. The third kappa shape index (κ3) is 2.46. The molecule has 0 saturated carbocycles. The SMILES string of the molecule is CC(C)(C)C1CCN(CCO)C1. The Morgan fingerprint density at radius 2 is 2.08 bits per heavy atom. The molecule has 0 aromatic carbocycles. The molecule has 1 unspecified atom stereocenters. The molecule has 0 bridgehead atoms. The van der Waals surface area contributed by atoms with Crippen LogP contribution in [0.4, 0.5) is 0 Å². The normalized spacial score (nSPS) is 26.5. The molecule has 0 amide bonds. The van der Waals surface area contributed by atoms with Crippen molar-refractivity contribution in [3.8, 4) is 0 Å². The molecule has 1 aliphatic heterocycles. The van der Waals surface area contributed by atoms with Gasteiger partial charge in [0.05, 0.1) is 6.61 Å². The first kappa shape index (κ1) is 10.0. The van der Waals surface area contributed by atoms with E-state index in [0.29, 0.717) is 12.0 Å². The molecule has 1 aliphatic rings. The Hall–Kier alpha value is -0.0800. The van der Waals surface area contributed by atoms with Gasteiger partial charge in [-0.1, -0.05) is 20.8 Å². The van der Waals surface area contributed by atoms with Crippen LogP contribution < -0.4 is 0 Å². The maximum Gasteiger partial charge on any atom is 0.0558 e. The average molecular weight is 171 g/mol. The van der Waals surface area contributed by atoms with Gasteiger partial charge in [-0.2, -0.15) is 0 Å². The van der Waals surface area contributed by atoms with Crippen molar-refractivity contribution in [1.29, 1.82) is 0 Å². The molecule has 1 saturated heterocycles. The molecule has 0 spiro atoms. The van der Waals surface area contributed by atoms with E-state index in [2.05, 4.69) is 25.7 Å². The number of likely N-dealkylation sites (tertiary alicyclic amines) is 1. The van der Waals surface area contributed by atoms with Crippen LogP contribution in [-0.4, -0.2) is 36.2 Å². The van der Waals surface area contributed by atoms with Gasteiger partial charge in [0, 0.05) is 13.1 Å². The number of β-amino-alcohol motifs (C(OH)–C–C–N with tert-alkyl or cyclic N) is 1. The fourth-order valence-corrected chi connectivity index (χ4v) is 1.88. The van der Waals surface area contributed by atoms with Gasteiger partial charge in [-0.3, -0.25) is 0 Å². The molecular weight excluding hydrogens is 150 g/mol. The van der Waals surface area contributed by atoms with Crippen LogP contribution in [0.2, 0.25) is 0 Å². The van der Waals surface area contributed by atoms with E-state index in [1.165, 1.54) is 19.5 Å². The number of nitrogens with zero attached hydrogens (tertiary/aromatic N) is 1. The van der Waals surface area contributed by atoms with Crippen LogP contribution >= 0.6 is 0 Å². The van der Waals surface area contributed by atoms with Gasteiger partial charge in [-0.25, -0.2) is 0 Å². The van der Waals surface area contributed by atoms with E-state index in [1.54, 1.807) is 0 Å². The van der Waals surface area contributed by atoms with Crippen molar-refractivity contribution < 1.29 is 5.11 Å². The molecule has 1 atom stereocenters. The first-order chi connectivity index (χ1) is 5.54. The predicted octanol–water partition coefficient (Wildman–Crippen LogP) is 1.35. The minimum absolute atomic E-state index is 0.302. The summed E-state index contributed by atoms with van der Waals surface area (Å²) >= 11 is 0. The van der Waals surface area contributed by atoms with E-state index in [0.717, 1.165) is 12.5 Å². The minimum Gasteiger partial charge on any atom is -0.395 e. The van der Waals surface area contributed by atoms with Gasteiger partial charge in [-0.05, 0) is 24.3 Å². The fourth-order valence-electron chi connectivity index (χ4n) is 1.88. The summed E-state index contributed by atoms with van der Waals surface area (Å²) in [5.74, 6) is 0.809. The largest absolute Gasteiger partial charge is 0.395 e. The lowest BCUT2D eigenvalue weighted by atomic mass is 9.80. The predicted molar refractivity (Wildman–Crippen MR) is 51.1 cm³/mol. The van der Waals surface area contributed by atoms with Crippen molar-refractivity contribution in [1.82, 2.24) is 4.90 Å². The summed E-state index contributed by atoms with van der Waals surface area (Å²) in [4.78, 5) is 2.36. The summed E-state index contributed by atoms with van der Waals surface area (Å²) in [5.41, 5.74) is 0.435. The van der Waals surface area contributed by atoms with Crippen LogP contribution in [0.5, 0.6) is 0 Å². The lowest BCUT2D eigenvalue weighted by Crippen LogP contribution is -2.27. The zero-order valence-corrected chi connectivity index (χ0v) is 8.51. The van der Waals surface area contributed by atoms with Crippen LogP contribution in [0.15, 0.2) is 0 Å².